The van der Waals surface area contributed by atoms with Crippen molar-refractivity contribution in [2.75, 3.05) is 11.8 Å². The van der Waals surface area contributed by atoms with Crippen LogP contribution in [0.5, 0.6) is 0 Å². The quantitative estimate of drug-likeness (QED) is 0.872. The molecule has 7 heteroatoms. The molecule has 2 N–H and O–H groups in total. The van der Waals surface area contributed by atoms with Crippen molar-refractivity contribution < 1.29 is 8.42 Å². The van der Waals surface area contributed by atoms with Gasteiger partial charge in [-0.2, -0.15) is 0 Å². The first-order chi connectivity index (χ1) is 9.94. The Balaban J connectivity index is 2.33. The number of benzene rings is 2. The number of sulfonamides is 1. The summed E-state index contributed by atoms with van der Waals surface area (Å²) in [6.07, 6.45) is 0. The molecule has 2 aromatic rings. The highest BCUT2D eigenvalue weighted by molar-refractivity contribution is 7.92. The fourth-order valence-corrected chi connectivity index (χ4v) is 3.66. The van der Waals surface area contributed by atoms with Gasteiger partial charge in [0, 0.05) is 12.2 Å². The van der Waals surface area contributed by atoms with Gasteiger partial charge in [0.05, 0.1) is 10.0 Å². The molecular weight excluding hydrogens is 331 g/mol. The molecule has 0 fully saturated rings. The minimum absolute atomic E-state index is 0.0121. The van der Waals surface area contributed by atoms with E-state index >= 15 is 0 Å². The van der Waals surface area contributed by atoms with Gasteiger partial charge in [-0.25, -0.2) is 8.42 Å². The van der Waals surface area contributed by atoms with E-state index in [9.17, 15) is 8.42 Å². The third kappa shape index (κ3) is 3.89. The van der Waals surface area contributed by atoms with E-state index in [0.29, 0.717) is 12.2 Å². The lowest BCUT2D eigenvalue weighted by atomic mass is 10.2. The second-order valence-electron chi connectivity index (χ2n) is 4.39. The van der Waals surface area contributed by atoms with Crippen LogP contribution in [0.15, 0.2) is 47.4 Å². The van der Waals surface area contributed by atoms with Gasteiger partial charge < -0.3 is 5.32 Å². The van der Waals surface area contributed by atoms with E-state index in [2.05, 4.69) is 10.0 Å². The SMILES string of the molecule is CNCc1cccc(NS(=O)(=O)c2cccc(Cl)c2Cl)c1. The van der Waals surface area contributed by atoms with Gasteiger partial charge in [0.2, 0.25) is 0 Å². The third-order valence-corrected chi connectivity index (χ3v) is 5.12. The fourth-order valence-electron chi connectivity index (χ4n) is 1.85. The van der Waals surface area contributed by atoms with Gasteiger partial charge in [-0.05, 0) is 36.9 Å². The number of rotatable bonds is 5. The predicted molar refractivity (Wildman–Crippen MR) is 86.5 cm³/mol. The molecule has 0 heterocycles. The highest BCUT2D eigenvalue weighted by Crippen LogP contribution is 2.30. The van der Waals surface area contributed by atoms with Crippen molar-refractivity contribution in [3.8, 4) is 0 Å². The summed E-state index contributed by atoms with van der Waals surface area (Å²) in [5.74, 6) is 0. The molecule has 0 saturated carbocycles. The molecule has 21 heavy (non-hydrogen) atoms. The van der Waals surface area contributed by atoms with E-state index in [0.717, 1.165) is 5.56 Å². The summed E-state index contributed by atoms with van der Waals surface area (Å²) in [5.41, 5.74) is 1.44. The molecule has 0 aromatic heterocycles. The van der Waals surface area contributed by atoms with Crippen LogP contribution in [0.4, 0.5) is 5.69 Å². The first kappa shape index (κ1) is 16.1. The zero-order valence-corrected chi connectivity index (χ0v) is 13.6. The number of hydrogen-bond donors (Lipinski definition) is 2. The van der Waals surface area contributed by atoms with Crippen LogP contribution in [0.1, 0.15) is 5.56 Å². The van der Waals surface area contributed by atoms with Crippen molar-refractivity contribution in [1.29, 1.82) is 0 Å². The summed E-state index contributed by atoms with van der Waals surface area (Å²) < 4.78 is 27.3. The van der Waals surface area contributed by atoms with E-state index in [1.165, 1.54) is 12.1 Å². The van der Waals surface area contributed by atoms with Gasteiger partial charge in [0.25, 0.3) is 10.0 Å². The average Bonchev–Trinajstić information content (AvgIpc) is 2.42. The summed E-state index contributed by atoms with van der Waals surface area (Å²) >= 11 is 11.8. The molecular formula is C14H14Cl2N2O2S. The highest BCUT2D eigenvalue weighted by Gasteiger charge is 2.19. The fraction of sp³-hybridized carbons (Fsp3) is 0.143. The van der Waals surface area contributed by atoms with E-state index < -0.39 is 10.0 Å². The van der Waals surface area contributed by atoms with Crippen molar-refractivity contribution in [2.45, 2.75) is 11.4 Å². The lowest BCUT2D eigenvalue weighted by Gasteiger charge is -2.11. The molecule has 2 aromatic carbocycles. The Morgan fingerprint density at radius 2 is 1.81 bits per heavy atom. The molecule has 0 unspecified atom stereocenters. The Morgan fingerprint density at radius 3 is 2.52 bits per heavy atom. The highest BCUT2D eigenvalue weighted by atomic mass is 35.5. The standard InChI is InChI=1S/C14H14Cl2N2O2S/c1-17-9-10-4-2-5-11(8-10)18-21(19,20)13-7-3-6-12(15)14(13)16/h2-8,17-18H,9H2,1H3. The Hall–Kier alpha value is -1.27. The Kier molecular flexibility index (Phi) is 5.11. The Bertz CT molecular complexity index is 748. The van der Waals surface area contributed by atoms with Crippen LogP contribution in [-0.2, 0) is 16.6 Å². The summed E-state index contributed by atoms with van der Waals surface area (Å²) in [5, 5.41) is 3.22. The van der Waals surface area contributed by atoms with Crippen molar-refractivity contribution in [3.05, 3.63) is 58.1 Å². The lowest BCUT2D eigenvalue weighted by Crippen LogP contribution is -2.14. The molecule has 0 aliphatic carbocycles. The van der Waals surface area contributed by atoms with E-state index in [1.54, 1.807) is 24.3 Å². The van der Waals surface area contributed by atoms with Crippen molar-refractivity contribution >= 4 is 38.9 Å². The van der Waals surface area contributed by atoms with Gasteiger partial charge in [0.1, 0.15) is 4.90 Å². The number of hydrogen-bond acceptors (Lipinski definition) is 3. The number of nitrogens with one attached hydrogen (secondary N) is 2. The predicted octanol–water partition coefficient (Wildman–Crippen LogP) is 3.51. The summed E-state index contributed by atoms with van der Waals surface area (Å²) in [6, 6.07) is 11.6. The van der Waals surface area contributed by atoms with Gasteiger partial charge >= 0.3 is 0 Å². The second kappa shape index (κ2) is 6.66. The normalized spacial score (nSPS) is 11.4. The van der Waals surface area contributed by atoms with Gasteiger partial charge in [0.15, 0.2) is 0 Å². The summed E-state index contributed by atoms with van der Waals surface area (Å²) in [7, 11) is -1.96. The molecule has 0 saturated heterocycles. The van der Waals surface area contributed by atoms with Gasteiger partial charge in [-0.1, -0.05) is 41.4 Å². The smallest absolute Gasteiger partial charge is 0.263 e. The zero-order chi connectivity index (χ0) is 15.5. The topological polar surface area (TPSA) is 58.2 Å². The first-order valence-corrected chi connectivity index (χ1v) is 8.38. The molecule has 2 rings (SSSR count). The second-order valence-corrected chi connectivity index (χ2v) is 6.82. The summed E-state index contributed by atoms with van der Waals surface area (Å²) in [6.45, 7) is 0.646. The largest absolute Gasteiger partial charge is 0.316 e. The Labute approximate surface area is 134 Å². The van der Waals surface area contributed by atoms with Crippen molar-refractivity contribution in [2.24, 2.45) is 0 Å². The minimum atomic E-state index is -3.79. The zero-order valence-electron chi connectivity index (χ0n) is 11.2. The molecule has 0 spiro atoms. The number of halogens is 2. The lowest BCUT2D eigenvalue weighted by molar-refractivity contribution is 0.601. The van der Waals surface area contributed by atoms with Crippen LogP contribution in [0, 0.1) is 0 Å². The maximum Gasteiger partial charge on any atom is 0.263 e. The van der Waals surface area contributed by atoms with Crippen LogP contribution in [0.25, 0.3) is 0 Å². The number of anilines is 1. The molecule has 0 aliphatic heterocycles. The van der Waals surface area contributed by atoms with Crippen LogP contribution < -0.4 is 10.0 Å². The van der Waals surface area contributed by atoms with Gasteiger partial charge in [-0.15, -0.1) is 0 Å². The van der Waals surface area contributed by atoms with Crippen LogP contribution in [0.3, 0.4) is 0 Å². The maximum atomic E-state index is 12.4. The van der Waals surface area contributed by atoms with E-state index in [4.69, 9.17) is 23.2 Å². The van der Waals surface area contributed by atoms with Gasteiger partial charge in [-0.3, -0.25) is 4.72 Å². The maximum absolute atomic E-state index is 12.4. The molecule has 0 radical (unpaired) electrons. The van der Waals surface area contributed by atoms with Crippen molar-refractivity contribution in [1.82, 2.24) is 5.32 Å². The minimum Gasteiger partial charge on any atom is -0.316 e. The monoisotopic (exact) mass is 344 g/mol. The first-order valence-electron chi connectivity index (χ1n) is 6.14. The molecule has 0 amide bonds. The molecule has 0 aliphatic rings. The van der Waals surface area contributed by atoms with Crippen LogP contribution >= 0.6 is 23.2 Å². The third-order valence-electron chi connectivity index (χ3n) is 2.77. The molecule has 0 bridgehead atoms. The van der Waals surface area contributed by atoms with Crippen LogP contribution in [0.2, 0.25) is 10.0 Å². The molecule has 0 atom stereocenters. The average molecular weight is 345 g/mol. The summed E-state index contributed by atoms with van der Waals surface area (Å²) in [4.78, 5) is -0.0457. The van der Waals surface area contributed by atoms with E-state index in [-0.39, 0.29) is 14.9 Å². The molecule has 112 valence electrons. The van der Waals surface area contributed by atoms with Crippen LogP contribution in [-0.4, -0.2) is 15.5 Å². The van der Waals surface area contributed by atoms with E-state index in [1.807, 2.05) is 13.1 Å². The Morgan fingerprint density at radius 1 is 1.10 bits per heavy atom. The molecule has 4 nitrogen and oxygen atoms in total. The van der Waals surface area contributed by atoms with Crippen molar-refractivity contribution in [3.63, 3.8) is 0 Å².